The number of aromatic nitrogens is 1. The van der Waals surface area contributed by atoms with Crippen LogP contribution in [0.2, 0.25) is 0 Å². The van der Waals surface area contributed by atoms with Crippen molar-refractivity contribution in [1.82, 2.24) is 9.88 Å². The third kappa shape index (κ3) is 5.57. The van der Waals surface area contributed by atoms with Crippen LogP contribution in [0.5, 0.6) is 0 Å². The molecule has 0 fully saturated rings. The lowest BCUT2D eigenvalue weighted by molar-refractivity contribution is -0.142. The highest BCUT2D eigenvalue weighted by atomic mass is 35.5. The van der Waals surface area contributed by atoms with E-state index in [2.05, 4.69) is 10.3 Å². The summed E-state index contributed by atoms with van der Waals surface area (Å²) in [5, 5.41) is 3.28. The maximum Gasteiger partial charge on any atom is 0.245 e. The number of thiazole rings is 1. The number of alkyl halides is 1. The zero-order chi connectivity index (χ0) is 16.9. The average molecular weight is 346 g/mol. The fraction of sp³-hybridized carbons (Fsp3) is 0.667. The van der Waals surface area contributed by atoms with Gasteiger partial charge in [-0.15, -0.1) is 22.9 Å². The SMILES string of the molecule is Cc1cnc(NC(=O)CN(CC(C)C)C(=O)C(C)(C)CCl)s1. The average Bonchev–Trinajstić information content (AvgIpc) is 2.81. The Bertz CT molecular complexity index is 529. The standard InChI is InChI=1S/C15H24ClN3O2S/c1-10(2)7-19(13(21)15(4,5)9-16)8-12(20)18-14-17-6-11(3)22-14/h6,10H,7-9H2,1-5H3,(H,17,18,20). The van der Waals surface area contributed by atoms with Crippen molar-refractivity contribution in [2.45, 2.75) is 34.6 Å². The van der Waals surface area contributed by atoms with Gasteiger partial charge >= 0.3 is 0 Å². The van der Waals surface area contributed by atoms with Crippen LogP contribution < -0.4 is 5.32 Å². The van der Waals surface area contributed by atoms with E-state index in [0.717, 1.165) is 4.88 Å². The fourth-order valence-corrected chi connectivity index (χ4v) is 2.68. The van der Waals surface area contributed by atoms with Gasteiger partial charge in [0.2, 0.25) is 11.8 Å². The van der Waals surface area contributed by atoms with E-state index >= 15 is 0 Å². The van der Waals surface area contributed by atoms with Gasteiger partial charge < -0.3 is 10.2 Å². The molecule has 0 atom stereocenters. The molecule has 5 nitrogen and oxygen atoms in total. The molecular formula is C15H24ClN3O2S. The number of nitrogens with one attached hydrogen (secondary N) is 1. The van der Waals surface area contributed by atoms with Crippen LogP contribution in [0.25, 0.3) is 0 Å². The number of nitrogens with zero attached hydrogens (tertiary/aromatic N) is 2. The number of carbonyl (C=O) groups is 2. The van der Waals surface area contributed by atoms with Gasteiger partial charge in [-0.2, -0.15) is 0 Å². The second-order valence-corrected chi connectivity index (χ2v) is 7.92. The summed E-state index contributed by atoms with van der Waals surface area (Å²) in [6.07, 6.45) is 1.70. The van der Waals surface area contributed by atoms with Gasteiger partial charge in [0.05, 0.1) is 12.0 Å². The molecule has 0 unspecified atom stereocenters. The third-order valence-corrected chi connectivity index (χ3v) is 4.48. The monoisotopic (exact) mass is 345 g/mol. The zero-order valence-electron chi connectivity index (χ0n) is 13.8. The number of halogens is 1. The number of rotatable bonds is 7. The minimum atomic E-state index is -0.686. The first-order valence-electron chi connectivity index (χ1n) is 7.23. The van der Waals surface area contributed by atoms with E-state index in [1.165, 1.54) is 11.3 Å². The van der Waals surface area contributed by atoms with Gasteiger partial charge in [-0.1, -0.05) is 13.8 Å². The molecule has 0 radical (unpaired) electrons. The quantitative estimate of drug-likeness (QED) is 0.772. The highest BCUT2D eigenvalue weighted by molar-refractivity contribution is 7.15. The van der Waals surface area contributed by atoms with Crippen LogP contribution in [0.3, 0.4) is 0 Å². The fourth-order valence-electron chi connectivity index (χ4n) is 1.89. The molecule has 0 aliphatic carbocycles. The molecule has 0 bridgehead atoms. The van der Waals surface area contributed by atoms with Crippen molar-refractivity contribution in [3.05, 3.63) is 11.1 Å². The molecule has 0 saturated carbocycles. The van der Waals surface area contributed by atoms with Crippen LogP contribution in [-0.2, 0) is 9.59 Å². The molecule has 1 heterocycles. The highest BCUT2D eigenvalue weighted by Gasteiger charge is 2.32. The molecule has 2 amide bonds. The largest absolute Gasteiger partial charge is 0.333 e. The van der Waals surface area contributed by atoms with Gasteiger partial charge in [-0.3, -0.25) is 9.59 Å². The Balaban J connectivity index is 2.76. The van der Waals surface area contributed by atoms with E-state index in [1.54, 1.807) is 24.9 Å². The Labute approximate surface area is 141 Å². The first-order chi connectivity index (χ1) is 10.2. The topological polar surface area (TPSA) is 62.3 Å². The summed E-state index contributed by atoms with van der Waals surface area (Å²) in [6, 6.07) is 0. The molecule has 22 heavy (non-hydrogen) atoms. The zero-order valence-corrected chi connectivity index (χ0v) is 15.3. The molecule has 1 rings (SSSR count). The summed E-state index contributed by atoms with van der Waals surface area (Å²) >= 11 is 7.29. The first-order valence-corrected chi connectivity index (χ1v) is 8.58. The van der Waals surface area contributed by atoms with E-state index in [-0.39, 0.29) is 30.2 Å². The van der Waals surface area contributed by atoms with Gasteiger partial charge in [-0.05, 0) is 26.7 Å². The first kappa shape index (κ1) is 18.9. The molecule has 1 aromatic heterocycles. The lowest BCUT2D eigenvalue weighted by Gasteiger charge is -2.31. The minimum absolute atomic E-state index is 0.00988. The Morgan fingerprint density at radius 2 is 2.09 bits per heavy atom. The highest BCUT2D eigenvalue weighted by Crippen LogP contribution is 2.22. The predicted octanol–water partition coefficient (Wildman–Crippen LogP) is 3.14. The lowest BCUT2D eigenvalue weighted by Crippen LogP contribution is -2.47. The molecule has 0 aliphatic rings. The van der Waals surface area contributed by atoms with E-state index in [1.807, 2.05) is 20.8 Å². The third-order valence-electron chi connectivity index (χ3n) is 2.99. The number of hydrogen-bond donors (Lipinski definition) is 1. The summed E-state index contributed by atoms with van der Waals surface area (Å²) in [7, 11) is 0. The van der Waals surface area contributed by atoms with Gasteiger partial charge in [-0.25, -0.2) is 4.98 Å². The molecule has 0 aliphatic heterocycles. The van der Waals surface area contributed by atoms with Crippen molar-refractivity contribution in [1.29, 1.82) is 0 Å². The Morgan fingerprint density at radius 3 is 2.55 bits per heavy atom. The maximum atomic E-state index is 12.6. The number of hydrogen-bond acceptors (Lipinski definition) is 4. The molecule has 0 saturated heterocycles. The molecule has 124 valence electrons. The van der Waals surface area contributed by atoms with Crippen LogP contribution >= 0.6 is 22.9 Å². The summed E-state index contributed by atoms with van der Waals surface area (Å²) in [4.78, 5) is 31.4. The molecule has 7 heteroatoms. The molecule has 1 N–H and O–H groups in total. The smallest absolute Gasteiger partial charge is 0.245 e. The van der Waals surface area contributed by atoms with E-state index in [4.69, 9.17) is 11.6 Å². The predicted molar refractivity (Wildman–Crippen MR) is 91.4 cm³/mol. The maximum absolute atomic E-state index is 12.6. The molecular weight excluding hydrogens is 322 g/mol. The second kappa shape index (κ2) is 7.92. The minimum Gasteiger partial charge on any atom is -0.333 e. The summed E-state index contributed by atoms with van der Waals surface area (Å²) in [5.41, 5.74) is -0.686. The van der Waals surface area contributed by atoms with Gasteiger partial charge in [0, 0.05) is 23.5 Å². The van der Waals surface area contributed by atoms with Crippen LogP contribution in [-0.4, -0.2) is 40.7 Å². The molecule has 0 spiro atoms. The summed E-state index contributed by atoms with van der Waals surface area (Å²) in [5.74, 6) is 0.133. The van der Waals surface area contributed by atoms with Gasteiger partial charge in [0.25, 0.3) is 0 Å². The van der Waals surface area contributed by atoms with Crippen molar-refractivity contribution in [3.8, 4) is 0 Å². The van der Waals surface area contributed by atoms with Crippen LogP contribution in [0.1, 0.15) is 32.6 Å². The lowest BCUT2D eigenvalue weighted by atomic mass is 9.94. The van der Waals surface area contributed by atoms with Crippen molar-refractivity contribution in [2.24, 2.45) is 11.3 Å². The van der Waals surface area contributed by atoms with Crippen LogP contribution in [0.15, 0.2) is 6.20 Å². The van der Waals surface area contributed by atoms with E-state index in [0.29, 0.717) is 11.7 Å². The van der Waals surface area contributed by atoms with Crippen LogP contribution in [0, 0.1) is 18.3 Å². The van der Waals surface area contributed by atoms with E-state index in [9.17, 15) is 9.59 Å². The van der Waals surface area contributed by atoms with Crippen molar-refractivity contribution in [2.75, 3.05) is 24.3 Å². The molecule has 0 aromatic carbocycles. The Kier molecular flexibility index (Phi) is 6.81. The Morgan fingerprint density at radius 1 is 1.45 bits per heavy atom. The summed E-state index contributed by atoms with van der Waals surface area (Å²) in [6.45, 7) is 10.0. The van der Waals surface area contributed by atoms with Crippen molar-refractivity contribution < 1.29 is 9.59 Å². The molecule has 1 aromatic rings. The van der Waals surface area contributed by atoms with E-state index < -0.39 is 5.41 Å². The summed E-state index contributed by atoms with van der Waals surface area (Å²) < 4.78 is 0. The van der Waals surface area contributed by atoms with Gasteiger partial charge in [0.15, 0.2) is 5.13 Å². The van der Waals surface area contributed by atoms with Crippen molar-refractivity contribution in [3.63, 3.8) is 0 Å². The number of amides is 2. The number of carbonyl (C=O) groups excluding carboxylic acids is 2. The van der Waals surface area contributed by atoms with Gasteiger partial charge in [0.1, 0.15) is 0 Å². The van der Waals surface area contributed by atoms with Crippen molar-refractivity contribution >= 4 is 39.9 Å². The Hall–Kier alpha value is -1.14. The second-order valence-electron chi connectivity index (χ2n) is 6.42. The number of anilines is 1. The van der Waals surface area contributed by atoms with Crippen LogP contribution in [0.4, 0.5) is 5.13 Å². The normalized spacial score (nSPS) is 11.6. The number of aryl methyl sites for hydroxylation is 1.